The Morgan fingerprint density at radius 1 is 1.07 bits per heavy atom. The molecule has 4 aromatic rings. The number of amides is 1. The van der Waals surface area contributed by atoms with Crippen LogP contribution in [-0.4, -0.2) is 25.6 Å². The minimum absolute atomic E-state index is 0.139. The second-order valence-corrected chi connectivity index (χ2v) is 6.09. The summed E-state index contributed by atoms with van der Waals surface area (Å²) in [6.45, 7) is 2.74. The summed E-state index contributed by atoms with van der Waals surface area (Å²) in [5, 5.41) is 6.85. The molecule has 136 valence electrons. The zero-order valence-electron chi connectivity index (χ0n) is 14.9. The van der Waals surface area contributed by atoms with E-state index in [1.165, 1.54) is 0 Å². The summed E-state index contributed by atoms with van der Waals surface area (Å²) in [4.78, 5) is 21.2. The van der Waals surface area contributed by atoms with Gasteiger partial charge in [-0.25, -0.2) is 4.98 Å². The number of carbonyl (C=O) groups is 1. The molecule has 0 spiro atoms. The highest BCUT2D eigenvalue weighted by Crippen LogP contribution is 2.20. The monoisotopic (exact) mass is 361 g/mol. The summed E-state index contributed by atoms with van der Waals surface area (Å²) < 4.78 is 7.23. The van der Waals surface area contributed by atoms with Gasteiger partial charge in [-0.15, -0.1) is 0 Å². The summed E-state index contributed by atoms with van der Waals surface area (Å²) >= 11 is 0. The van der Waals surface area contributed by atoms with Crippen molar-refractivity contribution < 1.29 is 9.32 Å². The fraction of sp³-hybridized carbons (Fsp3) is 0.200. The Labute approximate surface area is 156 Å². The molecule has 0 atom stereocenters. The van der Waals surface area contributed by atoms with Crippen LogP contribution in [0.3, 0.4) is 0 Å². The fourth-order valence-corrected chi connectivity index (χ4v) is 2.96. The number of benzene rings is 2. The number of fused-ring (bicyclic) bond motifs is 1. The van der Waals surface area contributed by atoms with Crippen LogP contribution in [0.2, 0.25) is 0 Å². The van der Waals surface area contributed by atoms with Gasteiger partial charge in [-0.3, -0.25) is 10.1 Å². The molecule has 7 heteroatoms. The lowest BCUT2D eigenvalue weighted by molar-refractivity contribution is -0.116. The third-order valence-corrected chi connectivity index (χ3v) is 4.29. The van der Waals surface area contributed by atoms with Gasteiger partial charge in [0.1, 0.15) is 0 Å². The number of aromatic nitrogens is 4. The Morgan fingerprint density at radius 2 is 1.85 bits per heavy atom. The van der Waals surface area contributed by atoms with E-state index in [0.717, 1.165) is 23.1 Å². The summed E-state index contributed by atoms with van der Waals surface area (Å²) in [7, 11) is 0. The number of nitrogens with one attached hydrogen (secondary N) is 1. The number of hydrogen-bond donors (Lipinski definition) is 1. The number of aryl methyl sites for hydroxylation is 2. The third-order valence-electron chi connectivity index (χ3n) is 4.29. The number of imidazole rings is 1. The fourth-order valence-electron chi connectivity index (χ4n) is 2.96. The number of nitrogens with zero attached hydrogens (tertiary/aromatic N) is 4. The number of hydrogen-bond acceptors (Lipinski definition) is 5. The first kappa shape index (κ1) is 17.0. The van der Waals surface area contributed by atoms with Gasteiger partial charge in [-0.1, -0.05) is 47.6 Å². The highest BCUT2D eigenvalue weighted by atomic mass is 16.5. The van der Waals surface area contributed by atoms with Gasteiger partial charge in [-0.05, 0) is 19.1 Å². The number of carbonyl (C=O) groups excluding carboxylic acids is 1. The van der Waals surface area contributed by atoms with Crippen molar-refractivity contribution in [2.24, 2.45) is 0 Å². The van der Waals surface area contributed by atoms with Gasteiger partial charge in [0, 0.05) is 24.9 Å². The van der Waals surface area contributed by atoms with Gasteiger partial charge in [-0.2, -0.15) is 4.98 Å². The summed E-state index contributed by atoms with van der Waals surface area (Å²) in [5.74, 6) is 1.38. The normalized spacial score (nSPS) is 11.0. The molecule has 0 fully saturated rings. The van der Waals surface area contributed by atoms with Gasteiger partial charge in [0.05, 0.1) is 11.0 Å². The zero-order valence-corrected chi connectivity index (χ0v) is 14.9. The molecule has 0 aliphatic heterocycles. The minimum Gasteiger partial charge on any atom is -0.339 e. The van der Waals surface area contributed by atoms with Crippen molar-refractivity contribution >= 4 is 22.9 Å². The molecule has 2 heterocycles. The lowest BCUT2D eigenvalue weighted by Crippen LogP contribution is -2.16. The number of rotatable bonds is 6. The Morgan fingerprint density at radius 3 is 2.67 bits per heavy atom. The molecule has 0 aliphatic carbocycles. The van der Waals surface area contributed by atoms with E-state index in [0.29, 0.717) is 24.1 Å². The predicted molar refractivity (Wildman–Crippen MR) is 102 cm³/mol. The zero-order chi connectivity index (χ0) is 18.6. The van der Waals surface area contributed by atoms with Crippen molar-refractivity contribution in [3.05, 3.63) is 60.5 Å². The maximum atomic E-state index is 12.4. The maximum absolute atomic E-state index is 12.4. The highest BCUT2D eigenvalue weighted by Gasteiger charge is 2.14. The van der Waals surface area contributed by atoms with Crippen molar-refractivity contribution in [2.75, 3.05) is 5.32 Å². The number of anilines is 1. The van der Waals surface area contributed by atoms with Crippen LogP contribution < -0.4 is 5.32 Å². The van der Waals surface area contributed by atoms with E-state index >= 15 is 0 Å². The van der Waals surface area contributed by atoms with Crippen LogP contribution in [0.5, 0.6) is 0 Å². The Hall–Kier alpha value is -3.48. The molecule has 1 N–H and O–H groups in total. The van der Waals surface area contributed by atoms with E-state index in [9.17, 15) is 4.79 Å². The summed E-state index contributed by atoms with van der Waals surface area (Å²) in [6.07, 6.45) is 0.612. The van der Waals surface area contributed by atoms with Gasteiger partial charge in [0.25, 0.3) is 0 Å². The van der Waals surface area contributed by atoms with Gasteiger partial charge < -0.3 is 9.09 Å². The molecule has 2 aromatic heterocycles. The molecule has 27 heavy (non-hydrogen) atoms. The standard InChI is InChI=1S/C20H19N5O2/c1-2-25-16-11-7-6-10-15(16)21-20(25)22-17(26)12-13-18-23-19(24-27-18)14-8-4-3-5-9-14/h3-11H,2,12-13H2,1H3,(H,21,22,26). The van der Waals surface area contributed by atoms with E-state index in [4.69, 9.17) is 4.52 Å². The Bertz CT molecular complexity index is 1070. The van der Waals surface area contributed by atoms with Gasteiger partial charge in [0.15, 0.2) is 0 Å². The molecule has 0 bridgehead atoms. The largest absolute Gasteiger partial charge is 0.339 e. The Kier molecular flexibility index (Phi) is 4.65. The molecule has 0 saturated carbocycles. The maximum Gasteiger partial charge on any atom is 0.227 e. The van der Waals surface area contributed by atoms with Crippen LogP contribution in [0.25, 0.3) is 22.4 Å². The molecule has 0 unspecified atom stereocenters. The van der Waals surface area contributed by atoms with Crippen LogP contribution in [0, 0.1) is 0 Å². The van der Waals surface area contributed by atoms with Crippen LogP contribution in [0.1, 0.15) is 19.2 Å². The van der Waals surface area contributed by atoms with Crippen molar-refractivity contribution in [3.8, 4) is 11.4 Å². The second-order valence-electron chi connectivity index (χ2n) is 6.09. The van der Waals surface area contributed by atoms with Crippen LogP contribution in [0.15, 0.2) is 59.1 Å². The van der Waals surface area contributed by atoms with Gasteiger partial charge >= 0.3 is 0 Å². The predicted octanol–water partition coefficient (Wildman–Crippen LogP) is 3.68. The molecule has 0 aliphatic rings. The van der Waals surface area contributed by atoms with Crippen molar-refractivity contribution in [1.29, 1.82) is 0 Å². The van der Waals surface area contributed by atoms with Crippen LogP contribution in [-0.2, 0) is 17.8 Å². The molecule has 1 amide bonds. The van der Waals surface area contributed by atoms with E-state index in [1.54, 1.807) is 0 Å². The first-order chi connectivity index (χ1) is 13.2. The SMILES string of the molecule is CCn1c(NC(=O)CCc2nc(-c3ccccc3)no2)nc2ccccc21. The summed E-state index contributed by atoms with van der Waals surface area (Å²) in [5.41, 5.74) is 2.74. The first-order valence-electron chi connectivity index (χ1n) is 8.87. The lowest BCUT2D eigenvalue weighted by atomic mass is 10.2. The van der Waals surface area contributed by atoms with E-state index in [1.807, 2.05) is 66.1 Å². The molecular formula is C20H19N5O2. The van der Waals surface area contributed by atoms with E-state index < -0.39 is 0 Å². The van der Waals surface area contributed by atoms with Crippen LogP contribution >= 0.6 is 0 Å². The quantitative estimate of drug-likeness (QED) is 0.566. The van der Waals surface area contributed by atoms with Crippen molar-refractivity contribution in [1.82, 2.24) is 19.7 Å². The third kappa shape index (κ3) is 3.57. The van der Waals surface area contributed by atoms with Crippen molar-refractivity contribution in [2.45, 2.75) is 26.3 Å². The molecule has 0 saturated heterocycles. The highest BCUT2D eigenvalue weighted by molar-refractivity contribution is 5.91. The first-order valence-corrected chi connectivity index (χ1v) is 8.87. The van der Waals surface area contributed by atoms with Gasteiger partial charge in [0.2, 0.25) is 23.6 Å². The molecule has 2 aromatic carbocycles. The molecule has 0 radical (unpaired) electrons. The lowest BCUT2D eigenvalue weighted by Gasteiger charge is -2.06. The molecular weight excluding hydrogens is 342 g/mol. The average Bonchev–Trinajstić information content (AvgIpc) is 3.31. The van der Waals surface area contributed by atoms with E-state index in [-0.39, 0.29) is 12.3 Å². The smallest absolute Gasteiger partial charge is 0.227 e. The topological polar surface area (TPSA) is 85.8 Å². The van der Waals surface area contributed by atoms with Crippen molar-refractivity contribution in [3.63, 3.8) is 0 Å². The average molecular weight is 361 g/mol. The van der Waals surface area contributed by atoms with Crippen LogP contribution in [0.4, 0.5) is 5.95 Å². The molecule has 7 nitrogen and oxygen atoms in total. The Balaban J connectivity index is 1.41. The minimum atomic E-state index is -0.139. The number of para-hydroxylation sites is 2. The molecule has 4 rings (SSSR count). The summed E-state index contributed by atoms with van der Waals surface area (Å²) in [6, 6.07) is 17.4. The van der Waals surface area contributed by atoms with E-state index in [2.05, 4.69) is 20.4 Å². The second kappa shape index (κ2) is 7.41.